The van der Waals surface area contributed by atoms with Crippen molar-refractivity contribution in [3.8, 4) is 18.1 Å². The van der Waals surface area contributed by atoms with E-state index in [0.717, 1.165) is 11.3 Å². The fourth-order valence-corrected chi connectivity index (χ4v) is 3.77. The van der Waals surface area contributed by atoms with Crippen LogP contribution in [0.1, 0.15) is 23.6 Å². The van der Waals surface area contributed by atoms with Crippen LogP contribution in [0.3, 0.4) is 0 Å². The molecular weight excluding hydrogens is 368 g/mol. The number of terminal acetylenes is 1. The number of carbonyl (C=O) groups is 1. The zero-order valence-corrected chi connectivity index (χ0v) is 17.0. The Morgan fingerprint density at radius 2 is 1.93 bits per heavy atom. The molecule has 3 rings (SSSR count). The van der Waals surface area contributed by atoms with Gasteiger partial charge in [-0.05, 0) is 79.6 Å². The van der Waals surface area contributed by atoms with Crippen molar-refractivity contribution in [1.29, 1.82) is 0 Å². The molecule has 5 heteroatoms. The number of rotatable bonds is 5. The second kappa shape index (κ2) is 8.81. The lowest BCUT2D eigenvalue weighted by atomic mass is 10.1. The van der Waals surface area contributed by atoms with E-state index >= 15 is 0 Å². The third-order valence-corrected chi connectivity index (χ3v) is 5.43. The number of thioether (sulfide) groups is 1. The van der Waals surface area contributed by atoms with Crippen LogP contribution in [0.25, 0.3) is 6.08 Å². The number of carbonyl (C=O) groups excluding carboxylic acids is 1. The summed E-state index contributed by atoms with van der Waals surface area (Å²) in [6, 6.07) is 13.6. The number of amidine groups is 1. The molecule has 142 valence electrons. The Morgan fingerprint density at radius 3 is 2.57 bits per heavy atom. The number of hydrogen-bond donors (Lipinski definition) is 0. The molecule has 0 aromatic heterocycles. The van der Waals surface area contributed by atoms with E-state index < -0.39 is 0 Å². The smallest absolute Gasteiger partial charge is 0.266 e. The molecular formula is C23H22N2O2S. The summed E-state index contributed by atoms with van der Waals surface area (Å²) in [6.45, 7) is 6.90. The number of ether oxygens (including phenoxy) is 1. The third kappa shape index (κ3) is 4.47. The molecule has 0 bridgehead atoms. The standard InChI is InChI=1S/C23H22N2O2S/c1-5-13-27-20-11-8-18(9-12-20)15-21-22(26)25(6-2)23(28-21)24-19-10-7-16(3)17(4)14-19/h1,7-12,14-15H,6,13H2,2-4H3/b21-15-,24-23?. The molecule has 2 aromatic rings. The second-order valence-electron chi connectivity index (χ2n) is 6.38. The number of aliphatic imine (C=N–C) groups is 1. The first-order valence-electron chi connectivity index (χ1n) is 9.05. The van der Waals surface area contributed by atoms with Gasteiger partial charge in [-0.2, -0.15) is 0 Å². The van der Waals surface area contributed by atoms with Crippen molar-refractivity contribution in [2.45, 2.75) is 20.8 Å². The predicted octanol–water partition coefficient (Wildman–Crippen LogP) is 4.94. The van der Waals surface area contributed by atoms with Crippen LogP contribution in [0.5, 0.6) is 5.75 Å². The molecule has 1 fully saturated rings. The Labute approximate surface area is 170 Å². The lowest BCUT2D eigenvalue weighted by Gasteiger charge is -2.12. The van der Waals surface area contributed by atoms with Gasteiger partial charge >= 0.3 is 0 Å². The van der Waals surface area contributed by atoms with Gasteiger partial charge in [0.2, 0.25) is 0 Å². The zero-order chi connectivity index (χ0) is 20.1. The van der Waals surface area contributed by atoms with Gasteiger partial charge < -0.3 is 4.74 Å². The fraction of sp³-hybridized carbons (Fsp3) is 0.217. The van der Waals surface area contributed by atoms with Gasteiger partial charge in [0.05, 0.1) is 10.6 Å². The topological polar surface area (TPSA) is 41.9 Å². The first kappa shape index (κ1) is 19.8. The highest BCUT2D eigenvalue weighted by Gasteiger charge is 2.32. The first-order valence-corrected chi connectivity index (χ1v) is 9.87. The molecule has 1 heterocycles. The van der Waals surface area contributed by atoms with Crippen LogP contribution >= 0.6 is 11.8 Å². The van der Waals surface area contributed by atoms with Crippen molar-refractivity contribution in [2.24, 2.45) is 4.99 Å². The fourth-order valence-electron chi connectivity index (χ4n) is 2.71. The monoisotopic (exact) mass is 390 g/mol. The van der Waals surface area contributed by atoms with Gasteiger partial charge in [0.15, 0.2) is 5.17 Å². The van der Waals surface area contributed by atoms with Crippen molar-refractivity contribution in [3.05, 3.63) is 64.1 Å². The van der Waals surface area contributed by atoms with Crippen LogP contribution in [-0.2, 0) is 4.79 Å². The average Bonchev–Trinajstić information content (AvgIpc) is 2.98. The van der Waals surface area contributed by atoms with Crippen LogP contribution in [-0.4, -0.2) is 29.1 Å². The molecule has 0 N–H and O–H groups in total. The molecule has 0 radical (unpaired) electrons. The minimum Gasteiger partial charge on any atom is -0.481 e. The lowest BCUT2D eigenvalue weighted by molar-refractivity contribution is -0.122. The summed E-state index contributed by atoms with van der Waals surface area (Å²) >= 11 is 1.40. The number of aryl methyl sites for hydroxylation is 2. The minimum absolute atomic E-state index is 0.0252. The Morgan fingerprint density at radius 1 is 1.18 bits per heavy atom. The Bertz CT molecular complexity index is 985. The molecule has 0 unspecified atom stereocenters. The predicted molar refractivity (Wildman–Crippen MR) is 117 cm³/mol. The minimum atomic E-state index is -0.0252. The van der Waals surface area contributed by atoms with E-state index in [2.05, 4.69) is 19.8 Å². The summed E-state index contributed by atoms with van der Waals surface area (Å²) < 4.78 is 5.38. The largest absolute Gasteiger partial charge is 0.481 e. The molecule has 28 heavy (non-hydrogen) atoms. The van der Waals surface area contributed by atoms with Gasteiger partial charge in [-0.1, -0.05) is 24.1 Å². The maximum absolute atomic E-state index is 12.8. The van der Waals surface area contributed by atoms with E-state index in [-0.39, 0.29) is 12.5 Å². The van der Waals surface area contributed by atoms with E-state index in [4.69, 9.17) is 16.2 Å². The van der Waals surface area contributed by atoms with Gasteiger partial charge in [0.1, 0.15) is 12.4 Å². The molecule has 0 aliphatic carbocycles. The zero-order valence-electron chi connectivity index (χ0n) is 16.2. The molecule has 0 saturated carbocycles. The van der Waals surface area contributed by atoms with Crippen molar-refractivity contribution in [3.63, 3.8) is 0 Å². The van der Waals surface area contributed by atoms with Crippen molar-refractivity contribution >= 4 is 34.6 Å². The first-order chi connectivity index (χ1) is 13.5. The molecule has 1 aliphatic rings. The molecule has 0 atom stereocenters. The average molecular weight is 391 g/mol. The molecule has 0 spiro atoms. The number of benzene rings is 2. The SMILES string of the molecule is C#CCOc1ccc(/C=C2\SC(=Nc3ccc(C)c(C)c3)N(CC)C2=O)cc1. The molecule has 2 aromatic carbocycles. The van der Waals surface area contributed by atoms with E-state index in [1.165, 1.54) is 22.9 Å². The Hall–Kier alpha value is -2.97. The number of nitrogens with zero attached hydrogens (tertiary/aromatic N) is 2. The Balaban J connectivity index is 1.84. The quantitative estimate of drug-likeness (QED) is 0.536. The second-order valence-corrected chi connectivity index (χ2v) is 7.39. The van der Waals surface area contributed by atoms with Crippen molar-refractivity contribution < 1.29 is 9.53 Å². The summed E-state index contributed by atoms with van der Waals surface area (Å²) in [5.41, 5.74) is 4.18. The van der Waals surface area contributed by atoms with Crippen LogP contribution in [0, 0.1) is 26.2 Å². The van der Waals surface area contributed by atoms with Crippen LogP contribution < -0.4 is 4.74 Å². The highest BCUT2D eigenvalue weighted by molar-refractivity contribution is 8.18. The summed E-state index contributed by atoms with van der Waals surface area (Å²) in [7, 11) is 0. The third-order valence-electron chi connectivity index (χ3n) is 4.42. The summed E-state index contributed by atoms with van der Waals surface area (Å²) in [5, 5.41) is 0.705. The normalized spacial score (nSPS) is 16.6. The molecule has 1 saturated heterocycles. The van der Waals surface area contributed by atoms with Gasteiger partial charge in [-0.3, -0.25) is 9.69 Å². The van der Waals surface area contributed by atoms with Crippen LogP contribution in [0.2, 0.25) is 0 Å². The van der Waals surface area contributed by atoms with Crippen LogP contribution in [0.4, 0.5) is 5.69 Å². The maximum Gasteiger partial charge on any atom is 0.266 e. The highest BCUT2D eigenvalue weighted by atomic mass is 32.2. The van der Waals surface area contributed by atoms with Crippen LogP contribution in [0.15, 0.2) is 52.4 Å². The van der Waals surface area contributed by atoms with Gasteiger partial charge in [-0.15, -0.1) is 6.42 Å². The van der Waals surface area contributed by atoms with Crippen molar-refractivity contribution in [2.75, 3.05) is 13.2 Å². The molecule has 4 nitrogen and oxygen atoms in total. The molecule has 1 amide bonds. The van der Waals surface area contributed by atoms with E-state index in [9.17, 15) is 4.79 Å². The van der Waals surface area contributed by atoms with E-state index in [1.807, 2.05) is 55.5 Å². The van der Waals surface area contributed by atoms with Gasteiger partial charge in [0, 0.05) is 6.54 Å². The maximum atomic E-state index is 12.8. The summed E-state index contributed by atoms with van der Waals surface area (Å²) in [5.74, 6) is 3.12. The highest BCUT2D eigenvalue weighted by Crippen LogP contribution is 2.34. The van der Waals surface area contributed by atoms with Gasteiger partial charge in [0.25, 0.3) is 5.91 Å². The number of amides is 1. The van der Waals surface area contributed by atoms with E-state index in [0.29, 0.717) is 22.4 Å². The summed E-state index contributed by atoms with van der Waals surface area (Å²) in [6.07, 6.45) is 7.08. The van der Waals surface area contributed by atoms with Crippen molar-refractivity contribution in [1.82, 2.24) is 4.90 Å². The summed E-state index contributed by atoms with van der Waals surface area (Å²) in [4.78, 5) is 19.8. The number of likely N-dealkylation sites (N-methyl/N-ethyl adjacent to an activating group) is 1. The van der Waals surface area contributed by atoms with Gasteiger partial charge in [-0.25, -0.2) is 4.99 Å². The number of hydrogen-bond acceptors (Lipinski definition) is 4. The lowest BCUT2D eigenvalue weighted by Crippen LogP contribution is -2.28. The Kier molecular flexibility index (Phi) is 6.23. The molecule has 1 aliphatic heterocycles. The van der Waals surface area contributed by atoms with E-state index in [1.54, 1.807) is 4.90 Å².